The predicted molar refractivity (Wildman–Crippen MR) is 34.4 cm³/mol. The van der Waals surface area contributed by atoms with Crippen molar-refractivity contribution in [1.29, 1.82) is 0 Å². The molecule has 0 nitrogen and oxygen atoms in total. The Balaban J connectivity index is 3.62. The van der Waals surface area contributed by atoms with Crippen molar-refractivity contribution >= 4 is 24.6 Å². The van der Waals surface area contributed by atoms with Crippen LogP contribution in [-0.4, -0.2) is 12.9 Å². The normalized spacial score (nSPS) is 15.6. The van der Waals surface area contributed by atoms with Crippen LogP contribution in [-0.2, 0) is 9.25 Å². The molecule has 0 N–H and O–H groups in total. The van der Waals surface area contributed by atoms with Gasteiger partial charge in [0.2, 0.25) is 0 Å². The summed E-state index contributed by atoms with van der Waals surface area (Å²) in [6, 6.07) is 0. The van der Waals surface area contributed by atoms with Crippen LogP contribution in [0, 0.1) is 0 Å². The minimum Gasteiger partial charge on any atom is -0.428 e. The van der Waals surface area contributed by atoms with Gasteiger partial charge in [-0.25, -0.2) is 0 Å². The molecule has 0 unspecified atom stereocenters. The van der Waals surface area contributed by atoms with Crippen molar-refractivity contribution in [1.82, 2.24) is 0 Å². The van der Waals surface area contributed by atoms with E-state index in [0.717, 1.165) is 0 Å². The van der Waals surface area contributed by atoms with Crippen LogP contribution in [0.2, 0.25) is 0 Å². The third-order valence-corrected chi connectivity index (χ3v) is 4.11. The van der Waals surface area contributed by atoms with Gasteiger partial charge in [0.1, 0.15) is 0 Å². The Morgan fingerprint density at radius 3 is 2.00 bits per heavy atom. The number of hydrogen-bond donors (Lipinski definition) is 0. The van der Waals surface area contributed by atoms with Crippen LogP contribution in [0.15, 0.2) is 0 Å². The lowest BCUT2D eigenvalue weighted by atomic mass is 12.0. The molecule has 0 rings (SSSR count). The van der Waals surface area contributed by atoms with E-state index in [0.29, 0.717) is 9.25 Å². The minimum atomic E-state index is 0.455. The Morgan fingerprint density at radius 1 is 1.80 bits per heavy atom. The molecule has 0 atom stereocenters. The van der Waals surface area contributed by atoms with E-state index < -0.39 is 0 Å². The fourth-order valence-electron chi connectivity index (χ4n) is 0. The van der Waals surface area contributed by atoms with Gasteiger partial charge in [-0.3, -0.25) is 15.4 Å². The highest BCUT2D eigenvalue weighted by Gasteiger charge is 1.27. The third-order valence-electron chi connectivity index (χ3n) is 0.274. The summed E-state index contributed by atoms with van der Waals surface area (Å²) in [5, 5.41) is 0. The summed E-state index contributed by atoms with van der Waals surface area (Å²) >= 11 is 0. The first kappa shape index (κ1) is 5.95. The summed E-state index contributed by atoms with van der Waals surface area (Å²) in [5.41, 5.74) is 0. The first-order chi connectivity index (χ1) is 2.27. The van der Waals surface area contributed by atoms with E-state index >= 15 is 0 Å². The highest BCUT2D eigenvalue weighted by Crippen LogP contribution is 1.89. The molecule has 0 bridgehead atoms. The van der Waals surface area contributed by atoms with Gasteiger partial charge >= 0.3 is 0 Å². The van der Waals surface area contributed by atoms with Crippen LogP contribution in [0.1, 0.15) is 0 Å². The monoisotopic (exact) mass is 125 g/mol. The van der Waals surface area contributed by atoms with Crippen LogP contribution in [0.5, 0.6) is 0 Å². The summed E-state index contributed by atoms with van der Waals surface area (Å²) in [6.07, 6.45) is 2.15. The van der Waals surface area contributed by atoms with E-state index in [9.17, 15) is 0 Å². The fourth-order valence-corrected chi connectivity index (χ4v) is 0. The van der Waals surface area contributed by atoms with E-state index in [-0.39, 0.29) is 0 Å². The van der Waals surface area contributed by atoms with E-state index in [4.69, 9.17) is 0 Å². The molecule has 0 aliphatic carbocycles. The van der Waals surface area contributed by atoms with E-state index in [1.807, 2.05) is 0 Å². The fraction of sp³-hybridized carbons (Fsp3) is 1.00. The molecule has 0 amide bonds. The van der Waals surface area contributed by atoms with E-state index in [2.05, 4.69) is 20.9 Å². The number of hydrogen-bond acceptors (Lipinski definition) is 1. The molecule has 0 saturated heterocycles. The molecule has 0 heterocycles. The highest BCUT2D eigenvalue weighted by molar-refractivity contribution is 8.32. The Hall–Kier alpha value is 0.950. The Bertz CT molecular complexity index is 79.6. The van der Waals surface area contributed by atoms with Crippen LogP contribution >= 0.6 is 15.4 Å². The second kappa shape index (κ2) is 3.15. The van der Waals surface area contributed by atoms with Crippen LogP contribution in [0.25, 0.3) is 0 Å². The Kier molecular flexibility index (Phi) is 3.75. The molecule has 0 aliphatic rings. The summed E-state index contributed by atoms with van der Waals surface area (Å²) < 4.78 is 0. The molecule has 5 heavy (non-hydrogen) atoms. The van der Waals surface area contributed by atoms with Gasteiger partial charge in [0.25, 0.3) is 0 Å². The molecule has 0 radical (unpaired) electrons. The van der Waals surface area contributed by atoms with Crippen molar-refractivity contribution in [3.8, 4) is 0 Å². The summed E-state index contributed by atoms with van der Waals surface area (Å²) in [5.74, 6) is 0. The lowest BCUT2D eigenvalue weighted by Gasteiger charge is -1.83. The van der Waals surface area contributed by atoms with Crippen LogP contribution in [0.3, 0.4) is 0 Å². The maximum Gasteiger partial charge on any atom is -0.0470 e. The van der Waals surface area contributed by atoms with Crippen molar-refractivity contribution in [2.24, 2.45) is 0 Å². The smallest absolute Gasteiger partial charge is 0.0470 e. The first-order valence-electron chi connectivity index (χ1n) is 1.24. The third kappa shape index (κ3) is 4.95. The predicted octanol–water partition coefficient (Wildman–Crippen LogP) is 1.78. The molecule has 0 saturated carbocycles. The molecule has 32 valence electrons. The lowest BCUT2D eigenvalue weighted by Crippen LogP contribution is -1.40. The highest BCUT2D eigenvalue weighted by atomic mass is 32.7. The molecular formula is C2H7P2S-. The Labute approximate surface area is 38.2 Å². The van der Waals surface area contributed by atoms with Gasteiger partial charge < -0.3 is 9.25 Å². The van der Waals surface area contributed by atoms with Gasteiger partial charge in [-0.2, -0.15) is 0 Å². The largest absolute Gasteiger partial charge is 0.428 e. The first-order valence-corrected chi connectivity index (χ1v) is 6.05. The van der Waals surface area contributed by atoms with Crippen LogP contribution in [0.4, 0.5) is 0 Å². The van der Waals surface area contributed by atoms with E-state index in [1.165, 1.54) is 7.36 Å². The van der Waals surface area contributed by atoms with Crippen molar-refractivity contribution < 1.29 is 0 Å². The van der Waals surface area contributed by atoms with Gasteiger partial charge in [-0.15, -0.1) is 6.26 Å². The maximum atomic E-state index is 3.43. The second-order valence-corrected chi connectivity index (χ2v) is 7.59. The summed E-state index contributed by atoms with van der Waals surface area (Å²) in [6.45, 7) is 2.14. The average Bonchev–Trinajstić information content (AvgIpc) is 1.38. The maximum absolute atomic E-state index is 3.43. The molecular weight excluding hydrogens is 118 g/mol. The van der Waals surface area contributed by atoms with Crippen molar-refractivity contribution in [3.05, 3.63) is 0 Å². The van der Waals surface area contributed by atoms with Crippen molar-refractivity contribution in [2.45, 2.75) is 0 Å². The molecule has 0 aromatic carbocycles. The quantitative estimate of drug-likeness (QED) is 0.342. The van der Waals surface area contributed by atoms with Crippen molar-refractivity contribution in [3.63, 3.8) is 0 Å². The molecule has 0 aliphatic heterocycles. The van der Waals surface area contributed by atoms with Gasteiger partial charge in [-0.1, -0.05) is 0 Å². The van der Waals surface area contributed by atoms with E-state index in [1.54, 1.807) is 0 Å². The summed E-state index contributed by atoms with van der Waals surface area (Å²) in [4.78, 5) is 0. The SMILES string of the molecule is CP=[S-](C)=P. The van der Waals surface area contributed by atoms with Crippen molar-refractivity contribution in [2.75, 3.05) is 12.9 Å². The average molecular weight is 125 g/mol. The zero-order chi connectivity index (χ0) is 4.28. The van der Waals surface area contributed by atoms with Gasteiger partial charge in [0.05, 0.1) is 0 Å². The molecule has 3 heteroatoms. The topological polar surface area (TPSA) is 0 Å². The molecule has 0 fully saturated rings. The zero-order valence-corrected chi connectivity index (χ0v) is 6.07. The number of rotatable bonds is 0. The second-order valence-electron chi connectivity index (χ2n) is 0.661. The minimum absolute atomic E-state index is 0.455. The Morgan fingerprint density at radius 2 is 2.00 bits per heavy atom. The summed E-state index contributed by atoms with van der Waals surface area (Å²) in [7, 11) is 5.32. The molecule has 0 aromatic rings. The molecule has 0 aromatic heterocycles. The lowest BCUT2D eigenvalue weighted by molar-refractivity contribution is 2.49. The van der Waals surface area contributed by atoms with Gasteiger partial charge in [0.15, 0.2) is 0 Å². The van der Waals surface area contributed by atoms with Gasteiger partial charge in [0, 0.05) is 0 Å². The standard InChI is InChI=1S/C2H7P2S/c1-4-5(2)3/h3H,1-2H3/q-1. The van der Waals surface area contributed by atoms with Crippen LogP contribution < -0.4 is 0 Å². The zero-order valence-electron chi connectivity index (χ0n) is 3.36. The molecule has 0 spiro atoms. The van der Waals surface area contributed by atoms with Gasteiger partial charge in [-0.05, 0) is 6.66 Å².